The van der Waals surface area contributed by atoms with E-state index in [-0.39, 0.29) is 6.04 Å². The van der Waals surface area contributed by atoms with Crippen molar-refractivity contribution in [3.05, 3.63) is 70.2 Å². The predicted octanol–water partition coefficient (Wildman–Crippen LogP) is 4.28. The second-order valence-corrected chi connectivity index (χ2v) is 5.13. The summed E-state index contributed by atoms with van der Waals surface area (Å²) in [6.45, 7) is 2.11. The van der Waals surface area contributed by atoms with Crippen LogP contribution in [0.4, 0.5) is 0 Å². The lowest BCUT2D eigenvalue weighted by Gasteiger charge is -2.12. The van der Waals surface area contributed by atoms with Gasteiger partial charge in [-0.15, -0.1) is 0 Å². The molecule has 0 aliphatic rings. The summed E-state index contributed by atoms with van der Waals surface area (Å²) in [4.78, 5) is 0. The highest BCUT2D eigenvalue weighted by Crippen LogP contribution is 2.20. The Morgan fingerprint density at radius 1 is 1.11 bits per heavy atom. The first-order chi connectivity index (χ1) is 8.65. The van der Waals surface area contributed by atoms with Crippen molar-refractivity contribution < 1.29 is 0 Å². The fourth-order valence-electron chi connectivity index (χ4n) is 2.09. The third kappa shape index (κ3) is 3.59. The van der Waals surface area contributed by atoms with Gasteiger partial charge in [0.2, 0.25) is 0 Å². The molecule has 0 radical (unpaired) electrons. The van der Waals surface area contributed by atoms with Gasteiger partial charge in [0.15, 0.2) is 0 Å². The molecule has 1 unspecified atom stereocenters. The van der Waals surface area contributed by atoms with E-state index in [1.54, 1.807) is 0 Å². The minimum atomic E-state index is 0.0456. The van der Waals surface area contributed by atoms with E-state index in [4.69, 9.17) is 17.3 Å². The quantitative estimate of drug-likeness (QED) is 0.871. The molecule has 0 bridgehead atoms. The summed E-state index contributed by atoms with van der Waals surface area (Å²) in [7, 11) is 0. The molecule has 0 fully saturated rings. The number of aryl methyl sites for hydroxylation is 2. The number of hydrogen-bond acceptors (Lipinski definition) is 1. The Hall–Kier alpha value is -1.31. The number of halogens is 1. The average Bonchev–Trinajstić information content (AvgIpc) is 2.36. The molecule has 0 aromatic heterocycles. The monoisotopic (exact) mass is 259 g/mol. The standard InChI is InChI=1S/C16H18ClN/c1-12-4-2-5-13(10-12)8-9-16(18)14-6-3-7-15(17)11-14/h2-7,10-11,16H,8-9,18H2,1H3. The van der Waals surface area contributed by atoms with Crippen LogP contribution in [0, 0.1) is 6.92 Å². The van der Waals surface area contributed by atoms with E-state index in [2.05, 4.69) is 31.2 Å². The first-order valence-corrected chi connectivity index (χ1v) is 6.59. The Labute approximate surface area is 114 Å². The molecule has 2 N–H and O–H groups in total. The van der Waals surface area contributed by atoms with Gasteiger partial charge in [-0.05, 0) is 43.0 Å². The zero-order valence-corrected chi connectivity index (χ0v) is 11.3. The summed E-state index contributed by atoms with van der Waals surface area (Å²) >= 11 is 5.97. The summed E-state index contributed by atoms with van der Waals surface area (Å²) < 4.78 is 0. The van der Waals surface area contributed by atoms with E-state index in [1.807, 2.05) is 24.3 Å². The molecule has 0 aliphatic carbocycles. The van der Waals surface area contributed by atoms with Crippen LogP contribution in [-0.4, -0.2) is 0 Å². The molecule has 1 atom stereocenters. The fourth-order valence-corrected chi connectivity index (χ4v) is 2.29. The normalized spacial score (nSPS) is 12.4. The maximum Gasteiger partial charge on any atom is 0.0409 e. The highest BCUT2D eigenvalue weighted by Gasteiger charge is 2.06. The zero-order valence-electron chi connectivity index (χ0n) is 10.6. The molecule has 0 amide bonds. The molecule has 2 aromatic rings. The van der Waals surface area contributed by atoms with E-state index in [1.165, 1.54) is 11.1 Å². The van der Waals surface area contributed by atoms with Crippen molar-refractivity contribution in [3.8, 4) is 0 Å². The Balaban J connectivity index is 1.98. The minimum absolute atomic E-state index is 0.0456. The van der Waals surface area contributed by atoms with Crippen molar-refractivity contribution >= 4 is 11.6 Å². The molecule has 0 saturated carbocycles. The SMILES string of the molecule is Cc1cccc(CCC(N)c2cccc(Cl)c2)c1. The largest absolute Gasteiger partial charge is 0.324 e. The van der Waals surface area contributed by atoms with E-state index in [9.17, 15) is 0 Å². The maximum absolute atomic E-state index is 6.19. The van der Waals surface area contributed by atoms with Gasteiger partial charge in [-0.2, -0.15) is 0 Å². The number of hydrogen-bond donors (Lipinski definition) is 1. The van der Waals surface area contributed by atoms with Gasteiger partial charge in [0, 0.05) is 11.1 Å². The van der Waals surface area contributed by atoms with Crippen molar-refractivity contribution in [2.75, 3.05) is 0 Å². The van der Waals surface area contributed by atoms with Crippen molar-refractivity contribution in [3.63, 3.8) is 0 Å². The van der Waals surface area contributed by atoms with E-state index < -0.39 is 0 Å². The van der Waals surface area contributed by atoms with Crippen LogP contribution in [0.25, 0.3) is 0 Å². The third-order valence-corrected chi connectivity index (χ3v) is 3.34. The van der Waals surface area contributed by atoms with Crippen molar-refractivity contribution in [1.29, 1.82) is 0 Å². The van der Waals surface area contributed by atoms with Crippen molar-refractivity contribution in [2.24, 2.45) is 5.73 Å². The molecule has 1 nitrogen and oxygen atoms in total. The van der Waals surface area contributed by atoms with Gasteiger partial charge in [0.1, 0.15) is 0 Å². The molecule has 94 valence electrons. The van der Waals surface area contributed by atoms with Crippen LogP contribution >= 0.6 is 11.6 Å². The Morgan fingerprint density at radius 3 is 2.61 bits per heavy atom. The first kappa shape index (κ1) is 13.1. The van der Waals surface area contributed by atoms with E-state index >= 15 is 0 Å². The lowest BCUT2D eigenvalue weighted by molar-refractivity contribution is 0.651. The second-order valence-electron chi connectivity index (χ2n) is 4.69. The average molecular weight is 260 g/mol. The predicted molar refractivity (Wildman–Crippen MR) is 77.9 cm³/mol. The summed E-state index contributed by atoms with van der Waals surface area (Å²) in [5.41, 5.74) is 9.93. The summed E-state index contributed by atoms with van der Waals surface area (Å²) in [6, 6.07) is 16.4. The van der Waals surface area contributed by atoms with Crippen LogP contribution in [0.3, 0.4) is 0 Å². The smallest absolute Gasteiger partial charge is 0.0409 e. The van der Waals surface area contributed by atoms with E-state index in [0.717, 1.165) is 23.4 Å². The highest BCUT2D eigenvalue weighted by molar-refractivity contribution is 6.30. The summed E-state index contributed by atoms with van der Waals surface area (Å²) in [5.74, 6) is 0. The molecule has 2 rings (SSSR count). The van der Waals surface area contributed by atoms with E-state index in [0.29, 0.717) is 0 Å². The molecule has 2 aromatic carbocycles. The zero-order chi connectivity index (χ0) is 13.0. The number of benzene rings is 2. The minimum Gasteiger partial charge on any atom is -0.324 e. The molecule has 0 aliphatic heterocycles. The van der Waals surface area contributed by atoms with Crippen LogP contribution in [0.2, 0.25) is 5.02 Å². The number of rotatable bonds is 4. The van der Waals surface area contributed by atoms with Crippen LogP contribution < -0.4 is 5.73 Å². The molecule has 2 heteroatoms. The molecular formula is C16H18ClN. The Bertz CT molecular complexity index is 522. The van der Waals surface area contributed by atoms with Crippen molar-refractivity contribution in [1.82, 2.24) is 0 Å². The Kier molecular flexibility index (Phi) is 4.40. The molecule has 0 spiro atoms. The Morgan fingerprint density at radius 2 is 1.89 bits per heavy atom. The first-order valence-electron chi connectivity index (χ1n) is 6.22. The van der Waals surface area contributed by atoms with Crippen LogP contribution in [0.15, 0.2) is 48.5 Å². The third-order valence-electron chi connectivity index (χ3n) is 3.10. The van der Waals surface area contributed by atoms with Gasteiger partial charge in [0.05, 0.1) is 0 Å². The van der Waals surface area contributed by atoms with Gasteiger partial charge in [-0.25, -0.2) is 0 Å². The van der Waals surface area contributed by atoms with Gasteiger partial charge in [-0.3, -0.25) is 0 Å². The highest BCUT2D eigenvalue weighted by atomic mass is 35.5. The maximum atomic E-state index is 6.19. The van der Waals surface area contributed by atoms with Crippen LogP contribution in [0.5, 0.6) is 0 Å². The van der Waals surface area contributed by atoms with Gasteiger partial charge >= 0.3 is 0 Å². The molecular weight excluding hydrogens is 242 g/mol. The molecule has 0 saturated heterocycles. The van der Waals surface area contributed by atoms with Crippen LogP contribution in [0.1, 0.15) is 29.2 Å². The van der Waals surface area contributed by atoms with Gasteiger partial charge in [-0.1, -0.05) is 53.6 Å². The summed E-state index contributed by atoms with van der Waals surface area (Å²) in [6.07, 6.45) is 1.93. The van der Waals surface area contributed by atoms with Crippen molar-refractivity contribution in [2.45, 2.75) is 25.8 Å². The van der Waals surface area contributed by atoms with Gasteiger partial charge < -0.3 is 5.73 Å². The number of nitrogens with two attached hydrogens (primary N) is 1. The second kappa shape index (κ2) is 6.03. The lowest BCUT2D eigenvalue weighted by atomic mass is 9.99. The lowest BCUT2D eigenvalue weighted by Crippen LogP contribution is -2.11. The summed E-state index contributed by atoms with van der Waals surface area (Å²) in [5, 5.41) is 0.749. The van der Waals surface area contributed by atoms with Gasteiger partial charge in [0.25, 0.3) is 0 Å². The fraction of sp³-hybridized carbons (Fsp3) is 0.250. The topological polar surface area (TPSA) is 26.0 Å². The molecule has 0 heterocycles. The van der Waals surface area contributed by atoms with Crippen LogP contribution in [-0.2, 0) is 6.42 Å². The molecule has 18 heavy (non-hydrogen) atoms.